The summed E-state index contributed by atoms with van der Waals surface area (Å²) in [4.78, 5) is 12.2. The van der Waals surface area contributed by atoms with Gasteiger partial charge in [0.25, 0.3) is 0 Å². The first kappa shape index (κ1) is 10.5. The van der Waals surface area contributed by atoms with Crippen molar-refractivity contribution in [3.63, 3.8) is 0 Å². The van der Waals surface area contributed by atoms with Crippen LogP contribution >= 0.6 is 0 Å². The van der Waals surface area contributed by atoms with E-state index in [1.54, 1.807) is 12.1 Å². The third kappa shape index (κ3) is 1.43. The zero-order valence-electron chi connectivity index (χ0n) is 10.1. The molecule has 5 atom stereocenters. The minimum Gasteiger partial charge on any atom is -0.326 e. The van der Waals surface area contributed by atoms with E-state index < -0.39 is 0 Å². The first-order valence-electron chi connectivity index (χ1n) is 6.80. The van der Waals surface area contributed by atoms with Crippen LogP contribution in [0.1, 0.15) is 19.3 Å². The summed E-state index contributed by atoms with van der Waals surface area (Å²) < 4.78 is 12.8. The molecule has 3 aliphatic rings. The topological polar surface area (TPSA) is 29.1 Å². The Morgan fingerprint density at radius 1 is 1.11 bits per heavy atom. The number of rotatable bonds is 2. The van der Waals surface area contributed by atoms with Crippen LogP contribution in [0.2, 0.25) is 0 Å². The van der Waals surface area contributed by atoms with Gasteiger partial charge in [-0.2, -0.15) is 0 Å². The van der Waals surface area contributed by atoms with Crippen LogP contribution in [0.15, 0.2) is 24.3 Å². The largest absolute Gasteiger partial charge is 0.326 e. The third-order valence-corrected chi connectivity index (χ3v) is 5.15. The van der Waals surface area contributed by atoms with Gasteiger partial charge >= 0.3 is 0 Å². The Morgan fingerprint density at radius 2 is 1.72 bits per heavy atom. The van der Waals surface area contributed by atoms with Gasteiger partial charge in [0.2, 0.25) is 5.91 Å². The lowest BCUT2D eigenvalue weighted by molar-refractivity contribution is -0.118. The predicted molar refractivity (Wildman–Crippen MR) is 66.3 cm³/mol. The van der Waals surface area contributed by atoms with Gasteiger partial charge in [-0.3, -0.25) is 4.79 Å². The van der Waals surface area contributed by atoms with Crippen molar-refractivity contribution in [3.05, 3.63) is 30.1 Å². The Labute approximate surface area is 106 Å². The molecule has 94 valence electrons. The van der Waals surface area contributed by atoms with Crippen molar-refractivity contribution in [3.8, 4) is 0 Å². The molecule has 3 saturated carbocycles. The molecule has 0 spiro atoms. The average Bonchev–Trinajstić information content (AvgIpc) is 2.82. The maximum Gasteiger partial charge on any atom is 0.228 e. The zero-order valence-corrected chi connectivity index (χ0v) is 10.1. The quantitative estimate of drug-likeness (QED) is 0.852. The maximum atomic E-state index is 12.8. The standard InChI is InChI=1S/C15H16FNO/c16-10-3-5-11(6-4-10)17-15(18)14-12-8-1-2-9(7-8)13(12)14/h3-6,8-9,12-14H,1-2,7H2,(H,17,18)/t8-,9+,12+,13-,14?. The van der Waals surface area contributed by atoms with Gasteiger partial charge in [0, 0.05) is 11.6 Å². The fraction of sp³-hybridized carbons (Fsp3) is 0.533. The summed E-state index contributed by atoms with van der Waals surface area (Å²) in [5, 5.41) is 2.92. The Balaban J connectivity index is 1.45. The first-order chi connectivity index (χ1) is 8.74. The van der Waals surface area contributed by atoms with E-state index in [1.807, 2.05) is 0 Å². The molecule has 3 fully saturated rings. The van der Waals surface area contributed by atoms with Gasteiger partial charge in [0.1, 0.15) is 5.82 Å². The number of carbonyl (C=O) groups is 1. The molecule has 1 aromatic rings. The molecular formula is C15H16FNO. The van der Waals surface area contributed by atoms with E-state index in [0.29, 0.717) is 17.5 Å². The van der Waals surface area contributed by atoms with E-state index in [1.165, 1.54) is 31.4 Å². The van der Waals surface area contributed by atoms with Crippen LogP contribution in [-0.2, 0) is 4.79 Å². The number of hydrogen-bond donors (Lipinski definition) is 1. The molecule has 3 aliphatic carbocycles. The van der Waals surface area contributed by atoms with Crippen LogP contribution in [-0.4, -0.2) is 5.91 Å². The Kier molecular flexibility index (Phi) is 2.08. The molecule has 0 radical (unpaired) electrons. The molecular weight excluding hydrogens is 229 g/mol. The molecule has 4 rings (SSSR count). The second-order valence-electron chi connectivity index (χ2n) is 6.01. The summed E-state index contributed by atoms with van der Waals surface area (Å²) in [6.07, 6.45) is 4.01. The lowest BCUT2D eigenvalue weighted by Gasteiger charge is -2.09. The number of benzene rings is 1. The van der Waals surface area contributed by atoms with Crippen molar-refractivity contribution in [1.29, 1.82) is 0 Å². The van der Waals surface area contributed by atoms with Gasteiger partial charge in [0.05, 0.1) is 0 Å². The van der Waals surface area contributed by atoms with Crippen LogP contribution in [0.5, 0.6) is 0 Å². The molecule has 18 heavy (non-hydrogen) atoms. The fourth-order valence-corrected chi connectivity index (χ4v) is 4.43. The highest BCUT2D eigenvalue weighted by Crippen LogP contribution is 2.69. The van der Waals surface area contributed by atoms with E-state index in [9.17, 15) is 9.18 Å². The van der Waals surface area contributed by atoms with Crippen molar-refractivity contribution >= 4 is 11.6 Å². The fourth-order valence-electron chi connectivity index (χ4n) is 4.43. The number of amides is 1. The van der Waals surface area contributed by atoms with Crippen molar-refractivity contribution in [1.82, 2.24) is 0 Å². The zero-order chi connectivity index (χ0) is 12.3. The van der Waals surface area contributed by atoms with Gasteiger partial charge in [-0.25, -0.2) is 4.39 Å². The summed E-state index contributed by atoms with van der Waals surface area (Å²) in [5.41, 5.74) is 0.707. The number of carbonyl (C=O) groups excluding carboxylic acids is 1. The van der Waals surface area contributed by atoms with Crippen LogP contribution in [0.25, 0.3) is 0 Å². The Bertz CT molecular complexity index is 482. The second kappa shape index (κ2) is 3.56. The van der Waals surface area contributed by atoms with E-state index in [0.717, 1.165) is 11.8 Å². The van der Waals surface area contributed by atoms with Crippen LogP contribution in [0.3, 0.4) is 0 Å². The Hall–Kier alpha value is -1.38. The molecule has 1 amide bonds. The molecule has 0 aromatic heterocycles. The predicted octanol–water partition coefficient (Wildman–Crippen LogP) is 3.06. The van der Waals surface area contributed by atoms with Crippen LogP contribution in [0, 0.1) is 35.4 Å². The lowest BCUT2D eigenvalue weighted by Crippen LogP contribution is -2.18. The van der Waals surface area contributed by atoms with E-state index in [-0.39, 0.29) is 17.6 Å². The Morgan fingerprint density at radius 3 is 2.33 bits per heavy atom. The van der Waals surface area contributed by atoms with Gasteiger partial charge in [-0.15, -0.1) is 0 Å². The number of anilines is 1. The van der Waals surface area contributed by atoms with Crippen molar-refractivity contribution < 1.29 is 9.18 Å². The SMILES string of the molecule is O=C(Nc1ccc(F)cc1)C1[C@@H]2[C@H]3CC[C@H](C3)[C@H]12. The normalized spacial score (nSPS) is 39.5. The molecule has 2 bridgehead atoms. The number of fused-ring (bicyclic) bond motifs is 5. The highest BCUT2D eigenvalue weighted by atomic mass is 19.1. The first-order valence-corrected chi connectivity index (χ1v) is 6.80. The molecule has 1 N–H and O–H groups in total. The minimum absolute atomic E-state index is 0.146. The van der Waals surface area contributed by atoms with Gasteiger partial charge < -0.3 is 5.32 Å². The molecule has 2 nitrogen and oxygen atoms in total. The van der Waals surface area contributed by atoms with Crippen LogP contribution < -0.4 is 5.32 Å². The molecule has 1 aromatic carbocycles. The molecule has 0 aliphatic heterocycles. The third-order valence-electron chi connectivity index (χ3n) is 5.15. The van der Waals surface area contributed by atoms with Crippen LogP contribution in [0.4, 0.5) is 10.1 Å². The number of nitrogens with one attached hydrogen (secondary N) is 1. The molecule has 0 heterocycles. The summed E-state index contributed by atoms with van der Waals surface area (Å²) in [5.74, 6) is 3.05. The average molecular weight is 245 g/mol. The summed E-state index contributed by atoms with van der Waals surface area (Å²) in [6, 6.07) is 6.01. The highest BCUT2D eigenvalue weighted by molar-refractivity contribution is 5.95. The van der Waals surface area contributed by atoms with Crippen molar-refractivity contribution in [2.24, 2.45) is 29.6 Å². The monoisotopic (exact) mass is 245 g/mol. The van der Waals surface area contributed by atoms with E-state index in [4.69, 9.17) is 0 Å². The van der Waals surface area contributed by atoms with Gasteiger partial charge in [-0.1, -0.05) is 0 Å². The number of halogens is 1. The highest BCUT2D eigenvalue weighted by Gasteiger charge is 2.67. The van der Waals surface area contributed by atoms with Gasteiger partial charge in [-0.05, 0) is 67.2 Å². The van der Waals surface area contributed by atoms with Gasteiger partial charge in [0.15, 0.2) is 0 Å². The lowest BCUT2D eigenvalue weighted by atomic mass is 10.0. The van der Waals surface area contributed by atoms with E-state index >= 15 is 0 Å². The number of hydrogen-bond acceptors (Lipinski definition) is 1. The molecule has 0 saturated heterocycles. The molecule has 1 unspecified atom stereocenters. The van der Waals surface area contributed by atoms with E-state index in [2.05, 4.69) is 5.32 Å². The summed E-state index contributed by atoms with van der Waals surface area (Å²) >= 11 is 0. The second-order valence-corrected chi connectivity index (χ2v) is 6.01. The summed E-state index contributed by atoms with van der Waals surface area (Å²) in [7, 11) is 0. The summed E-state index contributed by atoms with van der Waals surface area (Å²) in [6.45, 7) is 0. The van der Waals surface area contributed by atoms with Crippen molar-refractivity contribution in [2.75, 3.05) is 5.32 Å². The maximum absolute atomic E-state index is 12.8. The minimum atomic E-state index is -0.269. The molecule has 3 heteroatoms. The smallest absolute Gasteiger partial charge is 0.228 e. The van der Waals surface area contributed by atoms with Crippen molar-refractivity contribution in [2.45, 2.75) is 19.3 Å².